The van der Waals surface area contributed by atoms with E-state index >= 15 is 0 Å². The number of hydrogen-bond donors (Lipinski definition) is 3. The van der Waals surface area contributed by atoms with E-state index in [9.17, 15) is 9.59 Å². The van der Waals surface area contributed by atoms with Gasteiger partial charge in [0.05, 0.1) is 6.54 Å². The van der Waals surface area contributed by atoms with Crippen LogP contribution in [0.25, 0.3) is 0 Å². The molecule has 0 fully saturated rings. The van der Waals surface area contributed by atoms with Crippen LogP contribution < -0.4 is 16.0 Å². The molecule has 1 heterocycles. The maximum atomic E-state index is 11.7. The summed E-state index contributed by atoms with van der Waals surface area (Å²) in [7, 11) is 0. The fourth-order valence-corrected chi connectivity index (χ4v) is 1.96. The Morgan fingerprint density at radius 1 is 1.26 bits per heavy atom. The first-order chi connectivity index (χ1) is 8.81. The highest BCUT2D eigenvalue weighted by molar-refractivity contribution is 7.17. The number of carbonyl (C=O) groups excluding carboxylic acids is 2. The summed E-state index contributed by atoms with van der Waals surface area (Å²) in [6, 6.07) is 0. The molecule has 0 aliphatic rings. The van der Waals surface area contributed by atoms with Gasteiger partial charge in [0.25, 0.3) is 5.91 Å². The molecule has 19 heavy (non-hydrogen) atoms. The van der Waals surface area contributed by atoms with E-state index in [1.54, 1.807) is 0 Å². The number of nitrogens with zero attached hydrogens (tertiary/aromatic N) is 2. The molecule has 0 unspecified atom stereocenters. The van der Waals surface area contributed by atoms with Gasteiger partial charge in [-0.15, -0.1) is 10.2 Å². The van der Waals surface area contributed by atoms with Gasteiger partial charge in [0.1, 0.15) is 0 Å². The first-order valence-corrected chi connectivity index (χ1v) is 6.80. The second-order valence-electron chi connectivity index (χ2n) is 4.92. The molecule has 0 aromatic carbocycles. The zero-order chi connectivity index (χ0) is 14.5. The molecule has 1 aromatic heterocycles. The molecule has 0 aliphatic heterocycles. The van der Waals surface area contributed by atoms with Gasteiger partial charge in [-0.05, 0) is 27.7 Å². The van der Waals surface area contributed by atoms with Gasteiger partial charge in [-0.2, -0.15) is 0 Å². The van der Waals surface area contributed by atoms with Crippen molar-refractivity contribution in [2.75, 3.05) is 18.4 Å². The molecule has 0 spiro atoms. The van der Waals surface area contributed by atoms with E-state index in [2.05, 4.69) is 26.1 Å². The van der Waals surface area contributed by atoms with Crippen LogP contribution in [0.5, 0.6) is 0 Å². The van der Waals surface area contributed by atoms with Gasteiger partial charge in [0, 0.05) is 12.1 Å². The lowest BCUT2D eigenvalue weighted by Gasteiger charge is -2.20. The summed E-state index contributed by atoms with van der Waals surface area (Å²) in [4.78, 5) is 23.3. The monoisotopic (exact) mass is 285 g/mol. The van der Waals surface area contributed by atoms with Crippen LogP contribution in [0.3, 0.4) is 0 Å². The van der Waals surface area contributed by atoms with Gasteiger partial charge in [-0.25, -0.2) is 0 Å². The van der Waals surface area contributed by atoms with Crippen molar-refractivity contribution >= 4 is 28.3 Å². The smallest absolute Gasteiger partial charge is 0.282 e. The maximum Gasteiger partial charge on any atom is 0.282 e. The van der Waals surface area contributed by atoms with Crippen molar-refractivity contribution in [3.63, 3.8) is 0 Å². The fourth-order valence-electron chi connectivity index (χ4n) is 1.24. The van der Waals surface area contributed by atoms with Gasteiger partial charge >= 0.3 is 0 Å². The minimum absolute atomic E-state index is 0.0772. The second kappa shape index (κ2) is 6.46. The molecule has 2 amide bonds. The highest BCUT2D eigenvalue weighted by Crippen LogP contribution is 2.14. The van der Waals surface area contributed by atoms with E-state index in [4.69, 9.17) is 0 Å². The standard InChI is InChI=1S/C11H19N5O2S/c1-5-12-10-16-15-9(19-10)8(18)13-6-7(17)14-11(2,3)4/h5-6H2,1-4H3,(H,12,16)(H,13,18)(H,14,17). The van der Waals surface area contributed by atoms with Crippen LogP contribution in [0, 0.1) is 0 Å². The maximum absolute atomic E-state index is 11.7. The molecule has 0 saturated carbocycles. The van der Waals surface area contributed by atoms with Crippen LogP contribution in [0.15, 0.2) is 0 Å². The van der Waals surface area contributed by atoms with Gasteiger partial charge < -0.3 is 16.0 Å². The predicted octanol–water partition coefficient (Wildman–Crippen LogP) is 0.614. The highest BCUT2D eigenvalue weighted by Gasteiger charge is 2.16. The molecule has 0 bridgehead atoms. The van der Waals surface area contributed by atoms with Crippen molar-refractivity contribution in [3.05, 3.63) is 5.01 Å². The Labute approximate surface area is 116 Å². The van der Waals surface area contributed by atoms with Gasteiger partial charge in [-0.1, -0.05) is 11.3 Å². The predicted molar refractivity (Wildman–Crippen MR) is 74.3 cm³/mol. The van der Waals surface area contributed by atoms with E-state index in [1.807, 2.05) is 27.7 Å². The zero-order valence-corrected chi connectivity index (χ0v) is 12.3. The number of anilines is 1. The van der Waals surface area contributed by atoms with Gasteiger partial charge in [0.2, 0.25) is 16.0 Å². The Balaban J connectivity index is 2.44. The normalized spacial score (nSPS) is 10.9. The minimum atomic E-state index is -0.397. The summed E-state index contributed by atoms with van der Waals surface area (Å²) in [6.45, 7) is 8.19. The van der Waals surface area contributed by atoms with Gasteiger partial charge in [-0.3, -0.25) is 9.59 Å². The third-order valence-electron chi connectivity index (χ3n) is 1.87. The summed E-state index contributed by atoms with van der Waals surface area (Å²) in [5.74, 6) is -0.636. The Kier molecular flexibility index (Phi) is 5.22. The number of amides is 2. The quantitative estimate of drug-likeness (QED) is 0.737. The average molecular weight is 285 g/mol. The van der Waals surface area contributed by atoms with E-state index in [0.717, 1.165) is 11.3 Å². The largest absolute Gasteiger partial charge is 0.360 e. The first kappa shape index (κ1) is 15.4. The van der Waals surface area contributed by atoms with Crippen LogP contribution in [-0.2, 0) is 4.79 Å². The minimum Gasteiger partial charge on any atom is -0.360 e. The lowest BCUT2D eigenvalue weighted by atomic mass is 10.1. The van der Waals surface area contributed by atoms with Crippen LogP contribution in [0.4, 0.5) is 5.13 Å². The average Bonchev–Trinajstić information content (AvgIpc) is 2.73. The Morgan fingerprint density at radius 3 is 2.53 bits per heavy atom. The number of nitrogens with one attached hydrogen (secondary N) is 3. The van der Waals surface area contributed by atoms with E-state index < -0.39 is 5.91 Å². The molecule has 3 N–H and O–H groups in total. The Hall–Kier alpha value is -1.70. The number of hydrogen-bond acceptors (Lipinski definition) is 6. The van der Waals surface area contributed by atoms with Gasteiger partial charge in [0.15, 0.2) is 0 Å². The number of rotatable bonds is 5. The molecule has 0 aliphatic carbocycles. The number of aromatic nitrogens is 2. The van der Waals surface area contributed by atoms with Crippen molar-refractivity contribution < 1.29 is 9.59 Å². The summed E-state index contributed by atoms with van der Waals surface area (Å²) in [5.41, 5.74) is -0.317. The third-order valence-corrected chi connectivity index (χ3v) is 2.75. The lowest BCUT2D eigenvalue weighted by molar-refractivity contribution is -0.121. The molecule has 8 heteroatoms. The van der Waals surface area contributed by atoms with E-state index in [-0.39, 0.29) is 23.0 Å². The zero-order valence-electron chi connectivity index (χ0n) is 11.5. The SMILES string of the molecule is CCNc1nnc(C(=O)NCC(=O)NC(C)(C)C)s1. The van der Waals surface area contributed by atoms with Crippen LogP contribution in [0.2, 0.25) is 0 Å². The molecule has 106 valence electrons. The Bertz CT molecular complexity index is 452. The van der Waals surface area contributed by atoms with Crippen LogP contribution >= 0.6 is 11.3 Å². The molecule has 1 aromatic rings. The number of carbonyl (C=O) groups is 2. The van der Waals surface area contributed by atoms with Crippen molar-refractivity contribution in [1.29, 1.82) is 0 Å². The summed E-state index contributed by atoms with van der Waals surface area (Å²) >= 11 is 1.15. The molecular weight excluding hydrogens is 266 g/mol. The van der Waals surface area contributed by atoms with Crippen molar-refractivity contribution in [2.24, 2.45) is 0 Å². The topological polar surface area (TPSA) is 96.0 Å². The summed E-state index contributed by atoms with van der Waals surface area (Å²) in [6.07, 6.45) is 0. The first-order valence-electron chi connectivity index (χ1n) is 5.98. The van der Waals surface area contributed by atoms with E-state index in [0.29, 0.717) is 11.7 Å². The van der Waals surface area contributed by atoms with Crippen LogP contribution in [-0.4, -0.2) is 40.6 Å². The lowest BCUT2D eigenvalue weighted by Crippen LogP contribution is -2.45. The van der Waals surface area contributed by atoms with Crippen LogP contribution in [0.1, 0.15) is 37.5 Å². The summed E-state index contributed by atoms with van der Waals surface area (Å²) < 4.78 is 0. The molecule has 0 atom stereocenters. The Morgan fingerprint density at radius 2 is 1.95 bits per heavy atom. The molecule has 0 radical (unpaired) electrons. The van der Waals surface area contributed by atoms with E-state index in [1.165, 1.54) is 0 Å². The highest BCUT2D eigenvalue weighted by atomic mass is 32.1. The second-order valence-corrected chi connectivity index (χ2v) is 5.90. The molecule has 0 saturated heterocycles. The molecule has 7 nitrogen and oxygen atoms in total. The van der Waals surface area contributed by atoms with Crippen molar-refractivity contribution in [1.82, 2.24) is 20.8 Å². The van der Waals surface area contributed by atoms with Crippen molar-refractivity contribution in [3.8, 4) is 0 Å². The summed E-state index contributed by atoms with van der Waals surface area (Å²) in [5, 5.41) is 16.6. The molecule has 1 rings (SSSR count). The van der Waals surface area contributed by atoms with Crippen molar-refractivity contribution in [2.45, 2.75) is 33.2 Å². The molecular formula is C11H19N5O2S. The fraction of sp³-hybridized carbons (Fsp3) is 0.636. The third kappa shape index (κ3) is 5.64.